The van der Waals surface area contributed by atoms with E-state index >= 15 is 0 Å². The number of hydrogen-bond acceptors (Lipinski definition) is 3. The summed E-state index contributed by atoms with van der Waals surface area (Å²) in [5.74, 6) is 1.52. The molecule has 5 nitrogen and oxygen atoms in total. The van der Waals surface area contributed by atoms with Crippen molar-refractivity contribution < 1.29 is 14.3 Å². The fourth-order valence-electron chi connectivity index (χ4n) is 1.72. The van der Waals surface area contributed by atoms with Gasteiger partial charge in [-0.05, 0) is 17.7 Å². The second-order valence-electron chi connectivity index (χ2n) is 3.89. The van der Waals surface area contributed by atoms with Crippen molar-refractivity contribution in [2.24, 2.45) is 0 Å². The van der Waals surface area contributed by atoms with E-state index < -0.39 is 0 Å². The number of nitrogens with zero attached hydrogens (tertiary/aromatic N) is 1. The average molecular weight is 236 g/mol. The Hall–Kier alpha value is -1.91. The Labute approximate surface area is 100 Å². The van der Waals surface area contributed by atoms with Crippen LogP contribution in [0, 0.1) is 0 Å². The van der Waals surface area contributed by atoms with Gasteiger partial charge in [0.2, 0.25) is 0 Å². The van der Waals surface area contributed by atoms with E-state index in [4.69, 9.17) is 9.47 Å². The van der Waals surface area contributed by atoms with Crippen molar-refractivity contribution in [1.29, 1.82) is 0 Å². The molecule has 1 aromatic rings. The maximum Gasteiger partial charge on any atom is 0.317 e. The monoisotopic (exact) mass is 236 g/mol. The van der Waals surface area contributed by atoms with Crippen molar-refractivity contribution >= 4 is 6.03 Å². The second kappa shape index (κ2) is 4.95. The number of benzene rings is 1. The molecule has 0 unspecified atom stereocenters. The van der Waals surface area contributed by atoms with E-state index in [1.165, 1.54) is 0 Å². The molecule has 0 bridgehead atoms. The summed E-state index contributed by atoms with van der Waals surface area (Å²) in [7, 11) is 3.36. The van der Waals surface area contributed by atoms with E-state index in [1.54, 1.807) is 19.0 Å². The van der Waals surface area contributed by atoms with Gasteiger partial charge < -0.3 is 19.7 Å². The number of carbonyl (C=O) groups is 1. The van der Waals surface area contributed by atoms with Crippen LogP contribution in [0.2, 0.25) is 0 Å². The molecule has 2 rings (SSSR count). The third-order valence-electron chi connectivity index (χ3n) is 2.59. The van der Waals surface area contributed by atoms with Gasteiger partial charge in [0.25, 0.3) is 0 Å². The second-order valence-corrected chi connectivity index (χ2v) is 3.89. The molecule has 1 aliphatic rings. The Balaban J connectivity index is 2.09. The molecule has 1 N–H and O–H groups in total. The Morgan fingerprint density at radius 3 is 2.76 bits per heavy atom. The lowest BCUT2D eigenvalue weighted by Gasteiger charge is -2.21. The van der Waals surface area contributed by atoms with Crippen LogP contribution in [0.25, 0.3) is 0 Å². The highest BCUT2D eigenvalue weighted by Crippen LogP contribution is 2.30. The van der Waals surface area contributed by atoms with E-state index in [0.29, 0.717) is 19.8 Å². The van der Waals surface area contributed by atoms with E-state index in [9.17, 15) is 4.79 Å². The number of nitrogens with one attached hydrogen (secondary N) is 1. The van der Waals surface area contributed by atoms with Crippen LogP contribution in [0.3, 0.4) is 0 Å². The minimum Gasteiger partial charge on any atom is -0.486 e. The quantitative estimate of drug-likeness (QED) is 0.840. The van der Waals surface area contributed by atoms with Crippen LogP contribution < -0.4 is 14.8 Å². The predicted octanol–water partition coefficient (Wildman–Crippen LogP) is 1.23. The van der Waals surface area contributed by atoms with Crippen molar-refractivity contribution in [2.75, 3.05) is 27.3 Å². The van der Waals surface area contributed by atoms with Crippen molar-refractivity contribution in [1.82, 2.24) is 10.2 Å². The van der Waals surface area contributed by atoms with Crippen LogP contribution in [0.15, 0.2) is 18.2 Å². The van der Waals surface area contributed by atoms with E-state index in [2.05, 4.69) is 5.32 Å². The summed E-state index contributed by atoms with van der Waals surface area (Å²) in [6.07, 6.45) is 0. The molecular weight excluding hydrogens is 220 g/mol. The van der Waals surface area contributed by atoms with Crippen molar-refractivity contribution in [3.05, 3.63) is 23.8 Å². The van der Waals surface area contributed by atoms with Gasteiger partial charge in [-0.25, -0.2) is 4.79 Å². The number of rotatable bonds is 2. The van der Waals surface area contributed by atoms with E-state index in [-0.39, 0.29) is 6.03 Å². The topological polar surface area (TPSA) is 50.8 Å². The molecule has 0 saturated heterocycles. The van der Waals surface area contributed by atoms with Gasteiger partial charge in [-0.1, -0.05) is 6.07 Å². The fourth-order valence-corrected chi connectivity index (χ4v) is 1.72. The van der Waals surface area contributed by atoms with Gasteiger partial charge in [0.15, 0.2) is 11.5 Å². The molecule has 0 radical (unpaired) electrons. The Bertz CT molecular complexity index is 420. The Kier molecular flexibility index (Phi) is 3.37. The normalized spacial score (nSPS) is 13.1. The molecule has 0 saturated carbocycles. The summed E-state index contributed by atoms with van der Waals surface area (Å²) >= 11 is 0. The molecule has 1 heterocycles. The van der Waals surface area contributed by atoms with Crippen molar-refractivity contribution in [3.8, 4) is 11.5 Å². The SMILES string of the molecule is CNC(=O)N(C)Cc1ccc2c(c1)OCCO2. The molecule has 17 heavy (non-hydrogen) atoms. The highest BCUT2D eigenvalue weighted by molar-refractivity contribution is 5.73. The smallest absolute Gasteiger partial charge is 0.317 e. The third-order valence-corrected chi connectivity index (χ3v) is 2.59. The van der Waals surface area contributed by atoms with Crippen molar-refractivity contribution in [3.63, 3.8) is 0 Å². The Morgan fingerprint density at radius 1 is 1.35 bits per heavy atom. The van der Waals surface area contributed by atoms with E-state index in [1.807, 2.05) is 18.2 Å². The highest BCUT2D eigenvalue weighted by Gasteiger charge is 2.13. The summed E-state index contributed by atoms with van der Waals surface area (Å²) in [5, 5.41) is 2.58. The van der Waals surface area contributed by atoms with Gasteiger partial charge in [-0.15, -0.1) is 0 Å². The average Bonchev–Trinajstić information content (AvgIpc) is 2.37. The summed E-state index contributed by atoms with van der Waals surface area (Å²) in [5.41, 5.74) is 1.01. The molecule has 2 amide bonds. The summed E-state index contributed by atoms with van der Waals surface area (Å²) in [6, 6.07) is 5.61. The van der Waals surface area contributed by atoms with Gasteiger partial charge >= 0.3 is 6.03 Å². The summed E-state index contributed by atoms with van der Waals surface area (Å²) in [4.78, 5) is 13.0. The Morgan fingerprint density at radius 2 is 2.06 bits per heavy atom. The maximum absolute atomic E-state index is 11.4. The number of amides is 2. The summed E-state index contributed by atoms with van der Waals surface area (Å²) < 4.78 is 10.9. The largest absolute Gasteiger partial charge is 0.486 e. The number of carbonyl (C=O) groups excluding carboxylic acids is 1. The molecule has 92 valence electrons. The molecule has 0 spiro atoms. The number of fused-ring (bicyclic) bond motifs is 1. The first-order valence-electron chi connectivity index (χ1n) is 5.52. The number of urea groups is 1. The van der Waals surface area contributed by atoms with E-state index in [0.717, 1.165) is 17.1 Å². The van der Waals surface area contributed by atoms with Crippen LogP contribution in [0.1, 0.15) is 5.56 Å². The zero-order chi connectivity index (χ0) is 12.3. The predicted molar refractivity (Wildman–Crippen MR) is 63.4 cm³/mol. The fraction of sp³-hybridized carbons (Fsp3) is 0.417. The maximum atomic E-state index is 11.4. The van der Waals surface area contributed by atoms with Gasteiger partial charge in [0, 0.05) is 20.6 Å². The first-order valence-corrected chi connectivity index (χ1v) is 5.52. The lowest BCUT2D eigenvalue weighted by molar-refractivity contribution is 0.171. The standard InChI is InChI=1S/C12H16N2O3/c1-13-12(15)14(2)8-9-3-4-10-11(7-9)17-6-5-16-10/h3-4,7H,5-6,8H2,1-2H3,(H,13,15). The first-order chi connectivity index (χ1) is 8.20. The van der Waals surface area contributed by atoms with Crippen LogP contribution in [-0.2, 0) is 6.54 Å². The van der Waals surface area contributed by atoms with Gasteiger partial charge in [0.05, 0.1) is 0 Å². The van der Waals surface area contributed by atoms with Gasteiger partial charge in [0.1, 0.15) is 13.2 Å². The molecular formula is C12H16N2O3. The molecule has 5 heteroatoms. The lowest BCUT2D eigenvalue weighted by atomic mass is 10.2. The number of hydrogen-bond donors (Lipinski definition) is 1. The van der Waals surface area contributed by atoms with Gasteiger partial charge in [-0.2, -0.15) is 0 Å². The molecule has 1 aliphatic heterocycles. The minimum atomic E-state index is -0.111. The third kappa shape index (κ3) is 2.61. The zero-order valence-corrected chi connectivity index (χ0v) is 10.0. The first kappa shape index (κ1) is 11.6. The molecule has 0 aromatic heterocycles. The molecule has 0 fully saturated rings. The number of ether oxygens (including phenoxy) is 2. The van der Waals surface area contributed by atoms with Crippen LogP contribution in [-0.4, -0.2) is 38.2 Å². The van der Waals surface area contributed by atoms with Crippen LogP contribution in [0.4, 0.5) is 4.79 Å². The summed E-state index contributed by atoms with van der Waals surface area (Å²) in [6.45, 7) is 1.70. The minimum absolute atomic E-state index is 0.111. The zero-order valence-electron chi connectivity index (χ0n) is 10.0. The van der Waals surface area contributed by atoms with Crippen LogP contribution >= 0.6 is 0 Å². The van der Waals surface area contributed by atoms with Gasteiger partial charge in [-0.3, -0.25) is 0 Å². The lowest BCUT2D eigenvalue weighted by Crippen LogP contribution is -2.34. The molecule has 0 aliphatic carbocycles. The molecule has 0 atom stereocenters. The molecule has 1 aromatic carbocycles. The highest BCUT2D eigenvalue weighted by atomic mass is 16.6. The van der Waals surface area contributed by atoms with Crippen LogP contribution in [0.5, 0.6) is 11.5 Å². The van der Waals surface area contributed by atoms with Crippen molar-refractivity contribution in [2.45, 2.75) is 6.54 Å².